The Morgan fingerprint density at radius 1 is 1.15 bits per heavy atom. The first-order valence-electron chi connectivity index (χ1n) is 11.0. The lowest BCUT2D eigenvalue weighted by Crippen LogP contribution is -2.52. The summed E-state index contributed by atoms with van der Waals surface area (Å²) in [6.07, 6.45) is 2.13. The Morgan fingerprint density at radius 2 is 1.94 bits per heavy atom. The smallest absolute Gasteiger partial charge is 0.255 e. The van der Waals surface area contributed by atoms with Gasteiger partial charge < -0.3 is 15.5 Å². The van der Waals surface area contributed by atoms with Crippen LogP contribution in [0.2, 0.25) is 0 Å². The number of piperazine rings is 1. The van der Waals surface area contributed by atoms with Crippen molar-refractivity contribution < 1.29 is 18.8 Å². The summed E-state index contributed by atoms with van der Waals surface area (Å²) < 4.78 is 15.0. The molecule has 3 amide bonds. The van der Waals surface area contributed by atoms with Gasteiger partial charge in [0.2, 0.25) is 11.8 Å². The van der Waals surface area contributed by atoms with E-state index in [0.29, 0.717) is 36.7 Å². The number of imide groups is 1. The van der Waals surface area contributed by atoms with Crippen molar-refractivity contribution in [3.05, 3.63) is 53.0 Å². The van der Waals surface area contributed by atoms with Crippen LogP contribution in [-0.2, 0) is 22.7 Å². The summed E-state index contributed by atoms with van der Waals surface area (Å²) in [4.78, 5) is 46.3. The van der Waals surface area contributed by atoms with Crippen LogP contribution in [0.15, 0.2) is 30.5 Å². The van der Waals surface area contributed by atoms with Gasteiger partial charge >= 0.3 is 0 Å². The highest BCUT2D eigenvalue weighted by Crippen LogP contribution is 2.33. The van der Waals surface area contributed by atoms with Gasteiger partial charge in [0.05, 0.1) is 5.69 Å². The Balaban J connectivity index is 1.27. The number of piperidine rings is 1. The molecule has 2 aromatic rings. The van der Waals surface area contributed by atoms with E-state index in [-0.39, 0.29) is 36.8 Å². The summed E-state index contributed by atoms with van der Waals surface area (Å²) in [5.41, 5.74) is 8.37. The number of anilines is 2. The first-order valence-corrected chi connectivity index (χ1v) is 11.0. The van der Waals surface area contributed by atoms with Crippen molar-refractivity contribution >= 4 is 29.2 Å². The summed E-state index contributed by atoms with van der Waals surface area (Å²) in [5.74, 6) is -1.10. The molecule has 33 heavy (non-hydrogen) atoms. The Kier molecular flexibility index (Phi) is 5.45. The molecule has 3 aliphatic heterocycles. The van der Waals surface area contributed by atoms with E-state index in [1.807, 2.05) is 17.0 Å². The number of nitrogens with one attached hydrogen (secondary N) is 1. The number of carbonyl (C=O) groups is 3. The van der Waals surface area contributed by atoms with E-state index < -0.39 is 17.8 Å². The Labute approximate surface area is 190 Å². The van der Waals surface area contributed by atoms with Gasteiger partial charge in [-0.05, 0) is 30.2 Å². The van der Waals surface area contributed by atoms with Gasteiger partial charge in [-0.2, -0.15) is 0 Å². The minimum absolute atomic E-state index is 0.186. The number of benzene rings is 1. The highest BCUT2D eigenvalue weighted by Gasteiger charge is 2.39. The number of fused-ring (bicyclic) bond motifs is 1. The van der Waals surface area contributed by atoms with Crippen LogP contribution in [0.3, 0.4) is 0 Å². The fourth-order valence-electron chi connectivity index (χ4n) is 4.79. The summed E-state index contributed by atoms with van der Waals surface area (Å²) in [7, 11) is 0. The van der Waals surface area contributed by atoms with Crippen molar-refractivity contribution in [1.82, 2.24) is 20.1 Å². The van der Waals surface area contributed by atoms with Gasteiger partial charge in [0.15, 0.2) is 0 Å². The normalized spacial score (nSPS) is 21.4. The zero-order chi connectivity index (χ0) is 23.1. The van der Waals surface area contributed by atoms with E-state index in [1.54, 1.807) is 12.3 Å². The molecule has 2 fully saturated rings. The number of aromatic nitrogens is 1. The molecule has 0 aliphatic carbocycles. The molecule has 4 heterocycles. The van der Waals surface area contributed by atoms with Crippen LogP contribution in [0.4, 0.5) is 15.9 Å². The summed E-state index contributed by atoms with van der Waals surface area (Å²) >= 11 is 0. The number of amides is 3. The maximum absolute atomic E-state index is 15.0. The Hall–Kier alpha value is -3.53. The Morgan fingerprint density at radius 3 is 2.67 bits per heavy atom. The topological polar surface area (TPSA) is 112 Å². The van der Waals surface area contributed by atoms with Crippen LogP contribution in [0.25, 0.3) is 0 Å². The average molecular weight is 452 g/mol. The van der Waals surface area contributed by atoms with E-state index in [4.69, 9.17) is 5.73 Å². The van der Waals surface area contributed by atoms with Crippen LogP contribution in [0.1, 0.15) is 34.3 Å². The molecule has 172 valence electrons. The second kappa shape index (κ2) is 8.43. The molecule has 5 rings (SSSR count). The molecule has 1 aromatic carbocycles. The molecule has 0 saturated carbocycles. The number of rotatable bonds is 4. The van der Waals surface area contributed by atoms with E-state index in [9.17, 15) is 14.4 Å². The molecule has 1 atom stereocenters. The predicted octanol–water partition coefficient (Wildman–Crippen LogP) is 0.886. The molecule has 1 unspecified atom stereocenters. The van der Waals surface area contributed by atoms with Crippen molar-refractivity contribution in [2.75, 3.05) is 36.8 Å². The largest absolute Gasteiger partial charge is 0.383 e. The number of pyridine rings is 1. The minimum atomic E-state index is -0.711. The second-order valence-corrected chi connectivity index (χ2v) is 8.67. The standard InChI is InChI=1S/C23H25FN6O3/c24-17-11-16-15(13-30(23(16)33)18-3-4-20(31)27-22(18)32)10-19(17)29-8-6-28(7-9-29)12-14-2-1-5-26-21(14)25/h1-2,5,10-11,18H,3-4,6-9,12-13H2,(H2,25,26)(H,27,31,32). The third-order valence-electron chi connectivity index (χ3n) is 6.62. The maximum atomic E-state index is 15.0. The summed E-state index contributed by atoms with van der Waals surface area (Å²) in [5, 5.41) is 2.28. The fourth-order valence-corrected chi connectivity index (χ4v) is 4.79. The average Bonchev–Trinajstić information content (AvgIpc) is 3.11. The molecular formula is C23H25FN6O3. The summed E-state index contributed by atoms with van der Waals surface area (Å²) in [6.45, 7) is 3.68. The van der Waals surface area contributed by atoms with Crippen molar-refractivity contribution in [2.24, 2.45) is 0 Å². The van der Waals surface area contributed by atoms with Crippen molar-refractivity contribution in [1.29, 1.82) is 0 Å². The van der Waals surface area contributed by atoms with Crippen molar-refractivity contribution in [2.45, 2.75) is 32.0 Å². The van der Waals surface area contributed by atoms with Gasteiger partial charge in [-0.15, -0.1) is 0 Å². The lowest BCUT2D eigenvalue weighted by atomic mass is 10.0. The number of hydrogen-bond acceptors (Lipinski definition) is 7. The molecule has 0 spiro atoms. The van der Waals surface area contributed by atoms with Gasteiger partial charge in [0.1, 0.15) is 17.7 Å². The molecule has 10 heteroatoms. The molecule has 9 nitrogen and oxygen atoms in total. The number of nitrogens with zero attached hydrogens (tertiary/aromatic N) is 4. The molecule has 1 aromatic heterocycles. The third kappa shape index (κ3) is 4.02. The van der Waals surface area contributed by atoms with E-state index >= 15 is 4.39 Å². The number of nitrogens with two attached hydrogens (primary N) is 1. The van der Waals surface area contributed by atoms with Gasteiger partial charge in [0.25, 0.3) is 5.91 Å². The number of nitrogen functional groups attached to an aromatic ring is 1. The molecule has 3 N–H and O–H groups in total. The van der Waals surface area contributed by atoms with Crippen LogP contribution < -0.4 is 16.0 Å². The van der Waals surface area contributed by atoms with Crippen LogP contribution >= 0.6 is 0 Å². The third-order valence-corrected chi connectivity index (χ3v) is 6.62. The first kappa shape index (κ1) is 21.3. The van der Waals surface area contributed by atoms with Crippen molar-refractivity contribution in [3.63, 3.8) is 0 Å². The van der Waals surface area contributed by atoms with E-state index in [2.05, 4.69) is 15.2 Å². The lowest BCUT2D eigenvalue weighted by Gasteiger charge is -2.36. The zero-order valence-corrected chi connectivity index (χ0v) is 18.1. The molecule has 0 radical (unpaired) electrons. The number of halogens is 1. The number of carbonyl (C=O) groups excluding carboxylic acids is 3. The van der Waals surface area contributed by atoms with Crippen LogP contribution in [0.5, 0.6) is 0 Å². The molecule has 0 bridgehead atoms. The fraction of sp³-hybridized carbons (Fsp3) is 0.391. The summed E-state index contributed by atoms with van der Waals surface area (Å²) in [6, 6.07) is 6.11. The zero-order valence-electron chi connectivity index (χ0n) is 18.1. The van der Waals surface area contributed by atoms with Gasteiger partial charge in [-0.1, -0.05) is 6.07 Å². The van der Waals surface area contributed by atoms with Crippen LogP contribution in [0, 0.1) is 5.82 Å². The SMILES string of the molecule is Nc1ncccc1CN1CCN(c2cc3c(cc2F)C(=O)N(C2CCC(=O)NC2=O)C3)CC1. The van der Waals surface area contributed by atoms with Crippen molar-refractivity contribution in [3.8, 4) is 0 Å². The monoisotopic (exact) mass is 452 g/mol. The molecule has 2 saturated heterocycles. The predicted molar refractivity (Wildman–Crippen MR) is 119 cm³/mol. The highest BCUT2D eigenvalue weighted by molar-refractivity contribution is 6.05. The van der Waals surface area contributed by atoms with Gasteiger partial charge in [-0.3, -0.25) is 24.6 Å². The molecule has 3 aliphatic rings. The maximum Gasteiger partial charge on any atom is 0.255 e. The lowest BCUT2D eigenvalue weighted by molar-refractivity contribution is -0.136. The van der Waals surface area contributed by atoms with Gasteiger partial charge in [-0.25, -0.2) is 9.37 Å². The molecular weight excluding hydrogens is 427 g/mol. The quantitative estimate of drug-likeness (QED) is 0.663. The van der Waals surface area contributed by atoms with Crippen LogP contribution in [-0.4, -0.2) is 64.7 Å². The first-order chi connectivity index (χ1) is 15.9. The highest BCUT2D eigenvalue weighted by atomic mass is 19.1. The second-order valence-electron chi connectivity index (χ2n) is 8.67. The van der Waals surface area contributed by atoms with E-state index in [0.717, 1.165) is 18.7 Å². The Bertz CT molecular complexity index is 1130. The van der Waals surface area contributed by atoms with Gasteiger partial charge in [0, 0.05) is 63.0 Å². The minimum Gasteiger partial charge on any atom is -0.383 e. The number of hydrogen-bond donors (Lipinski definition) is 2. The van der Waals surface area contributed by atoms with E-state index in [1.165, 1.54) is 11.0 Å².